The Labute approximate surface area is 123 Å². The van der Waals surface area contributed by atoms with Crippen molar-refractivity contribution in [2.24, 2.45) is 0 Å². The van der Waals surface area contributed by atoms with Crippen LogP contribution in [0.25, 0.3) is 11.1 Å². The van der Waals surface area contributed by atoms with Gasteiger partial charge in [0.1, 0.15) is 0 Å². The van der Waals surface area contributed by atoms with Crippen LogP contribution in [-0.4, -0.2) is 4.98 Å². The van der Waals surface area contributed by atoms with Crippen molar-refractivity contribution in [2.75, 3.05) is 5.32 Å². The van der Waals surface area contributed by atoms with Gasteiger partial charge in [-0.05, 0) is 36.8 Å². The highest BCUT2D eigenvalue weighted by Gasteiger charge is 2.09. The molecule has 1 unspecified atom stereocenters. The van der Waals surface area contributed by atoms with E-state index in [9.17, 15) is 4.79 Å². The van der Waals surface area contributed by atoms with Gasteiger partial charge in [-0.15, -0.1) is 0 Å². The quantitative estimate of drug-likeness (QED) is 0.760. The van der Waals surface area contributed by atoms with E-state index in [4.69, 9.17) is 4.42 Å². The van der Waals surface area contributed by atoms with Gasteiger partial charge in [0, 0.05) is 16.2 Å². The van der Waals surface area contributed by atoms with Gasteiger partial charge in [0.25, 0.3) is 0 Å². The Morgan fingerprint density at radius 2 is 2.05 bits per heavy atom. The molecule has 0 bridgehead atoms. The zero-order valence-corrected chi connectivity index (χ0v) is 12.4. The van der Waals surface area contributed by atoms with E-state index < -0.39 is 5.76 Å². The van der Waals surface area contributed by atoms with Crippen molar-refractivity contribution in [1.82, 2.24) is 4.98 Å². The SMILES string of the molecule is CC(Nc1ccc2oc(=O)[nH]c2c1)c1ccccc1Br. The maximum absolute atomic E-state index is 11.1. The molecule has 0 saturated carbocycles. The normalized spacial score (nSPS) is 12.5. The molecule has 0 aliphatic heterocycles. The standard InChI is InChI=1S/C15H13BrN2O2/c1-9(11-4-2-3-5-12(11)16)17-10-6-7-14-13(8-10)18-15(19)20-14/h2-9,17H,1H3,(H,18,19). The topological polar surface area (TPSA) is 58.0 Å². The summed E-state index contributed by atoms with van der Waals surface area (Å²) < 4.78 is 6.05. The maximum atomic E-state index is 11.1. The maximum Gasteiger partial charge on any atom is 0.417 e. The molecule has 3 rings (SSSR count). The molecular weight excluding hydrogens is 320 g/mol. The first-order chi connectivity index (χ1) is 9.63. The van der Waals surface area contributed by atoms with E-state index in [0.29, 0.717) is 11.1 Å². The molecule has 20 heavy (non-hydrogen) atoms. The highest BCUT2D eigenvalue weighted by Crippen LogP contribution is 2.27. The number of rotatable bonds is 3. The molecule has 2 aromatic carbocycles. The van der Waals surface area contributed by atoms with Gasteiger partial charge in [0.2, 0.25) is 0 Å². The molecule has 5 heteroatoms. The molecular formula is C15H13BrN2O2. The molecule has 0 aliphatic carbocycles. The number of aromatic nitrogens is 1. The predicted molar refractivity (Wildman–Crippen MR) is 83.0 cm³/mol. The van der Waals surface area contributed by atoms with Crippen LogP contribution in [0.15, 0.2) is 56.1 Å². The van der Waals surface area contributed by atoms with Crippen LogP contribution in [0.4, 0.5) is 5.69 Å². The minimum absolute atomic E-state index is 0.140. The first-order valence-corrected chi connectivity index (χ1v) is 7.06. The third-order valence-corrected chi connectivity index (χ3v) is 3.90. The lowest BCUT2D eigenvalue weighted by atomic mass is 10.1. The van der Waals surface area contributed by atoms with E-state index in [1.54, 1.807) is 6.07 Å². The fourth-order valence-electron chi connectivity index (χ4n) is 2.20. The summed E-state index contributed by atoms with van der Waals surface area (Å²) in [6, 6.07) is 13.8. The zero-order chi connectivity index (χ0) is 14.1. The molecule has 2 N–H and O–H groups in total. The average Bonchev–Trinajstić information content (AvgIpc) is 2.78. The van der Waals surface area contributed by atoms with Gasteiger partial charge in [0.15, 0.2) is 5.58 Å². The molecule has 0 spiro atoms. The Morgan fingerprint density at radius 3 is 2.85 bits per heavy atom. The number of aromatic amines is 1. The summed E-state index contributed by atoms with van der Waals surface area (Å²) >= 11 is 3.55. The predicted octanol–water partition coefficient (Wildman–Crippen LogP) is 4.06. The van der Waals surface area contributed by atoms with Crippen molar-refractivity contribution >= 4 is 32.7 Å². The number of H-pyrrole nitrogens is 1. The van der Waals surface area contributed by atoms with Gasteiger partial charge in [-0.1, -0.05) is 34.1 Å². The number of hydrogen-bond acceptors (Lipinski definition) is 3. The smallest absolute Gasteiger partial charge is 0.408 e. The summed E-state index contributed by atoms with van der Waals surface area (Å²) in [5, 5.41) is 3.41. The van der Waals surface area contributed by atoms with Crippen LogP contribution in [0.2, 0.25) is 0 Å². The Bertz CT molecular complexity index is 807. The van der Waals surface area contributed by atoms with Crippen molar-refractivity contribution < 1.29 is 4.42 Å². The van der Waals surface area contributed by atoms with Crippen molar-refractivity contribution in [3.8, 4) is 0 Å². The minimum Gasteiger partial charge on any atom is -0.408 e. The Hall–Kier alpha value is -2.01. The number of benzene rings is 2. The summed E-state index contributed by atoms with van der Waals surface area (Å²) in [6.07, 6.45) is 0. The second-order valence-electron chi connectivity index (χ2n) is 4.61. The fourth-order valence-corrected chi connectivity index (χ4v) is 2.82. The van der Waals surface area contributed by atoms with Crippen LogP contribution in [-0.2, 0) is 0 Å². The molecule has 0 fully saturated rings. The third kappa shape index (κ3) is 2.49. The van der Waals surface area contributed by atoms with Gasteiger partial charge in [0.05, 0.1) is 5.52 Å². The van der Waals surface area contributed by atoms with E-state index in [1.165, 1.54) is 5.56 Å². The molecule has 0 aliphatic rings. The number of oxazole rings is 1. The lowest BCUT2D eigenvalue weighted by Crippen LogP contribution is -2.07. The van der Waals surface area contributed by atoms with Crippen molar-refractivity contribution in [3.63, 3.8) is 0 Å². The summed E-state index contributed by atoms with van der Waals surface area (Å²) in [4.78, 5) is 13.8. The van der Waals surface area contributed by atoms with Gasteiger partial charge in [-0.3, -0.25) is 4.98 Å². The highest BCUT2D eigenvalue weighted by atomic mass is 79.9. The number of fused-ring (bicyclic) bond motifs is 1. The molecule has 0 amide bonds. The molecule has 1 heterocycles. The minimum atomic E-state index is -0.434. The molecule has 0 saturated heterocycles. The Morgan fingerprint density at radius 1 is 1.25 bits per heavy atom. The van der Waals surface area contributed by atoms with Crippen LogP contribution in [0, 0.1) is 0 Å². The van der Waals surface area contributed by atoms with E-state index in [2.05, 4.69) is 39.2 Å². The zero-order valence-electron chi connectivity index (χ0n) is 10.8. The van der Waals surface area contributed by atoms with E-state index >= 15 is 0 Å². The van der Waals surface area contributed by atoms with E-state index in [0.717, 1.165) is 10.2 Å². The molecule has 0 radical (unpaired) electrons. The van der Waals surface area contributed by atoms with Gasteiger partial charge in [-0.2, -0.15) is 0 Å². The van der Waals surface area contributed by atoms with Crippen LogP contribution in [0.5, 0.6) is 0 Å². The lowest BCUT2D eigenvalue weighted by Gasteiger charge is -2.17. The van der Waals surface area contributed by atoms with Crippen molar-refractivity contribution in [2.45, 2.75) is 13.0 Å². The van der Waals surface area contributed by atoms with E-state index in [1.807, 2.05) is 30.3 Å². The van der Waals surface area contributed by atoms with Crippen LogP contribution < -0.4 is 11.1 Å². The number of halogens is 1. The van der Waals surface area contributed by atoms with Crippen molar-refractivity contribution in [1.29, 1.82) is 0 Å². The first-order valence-electron chi connectivity index (χ1n) is 6.27. The number of nitrogens with one attached hydrogen (secondary N) is 2. The largest absolute Gasteiger partial charge is 0.417 e. The molecule has 4 nitrogen and oxygen atoms in total. The lowest BCUT2D eigenvalue weighted by molar-refractivity contribution is 0.555. The van der Waals surface area contributed by atoms with Crippen LogP contribution in [0.3, 0.4) is 0 Å². The summed E-state index contributed by atoms with van der Waals surface area (Å²) in [6.45, 7) is 2.09. The molecule has 1 aromatic heterocycles. The summed E-state index contributed by atoms with van der Waals surface area (Å²) in [7, 11) is 0. The van der Waals surface area contributed by atoms with Gasteiger partial charge >= 0.3 is 5.76 Å². The van der Waals surface area contributed by atoms with Crippen LogP contribution in [0.1, 0.15) is 18.5 Å². The second kappa shape index (κ2) is 5.17. The van der Waals surface area contributed by atoms with Gasteiger partial charge in [-0.25, -0.2) is 4.79 Å². The van der Waals surface area contributed by atoms with Crippen molar-refractivity contribution in [3.05, 3.63) is 63.1 Å². The summed E-state index contributed by atoms with van der Waals surface area (Å²) in [5.41, 5.74) is 3.36. The number of anilines is 1. The fraction of sp³-hybridized carbons (Fsp3) is 0.133. The first kappa shape index (κ1) is 13.0. The average molecular weight is 333 g/mol. The highest BCUT2D eigenvalue weighted by molar-refractivity contribution is 9.10. The Balaban J connectivity index is 1.89. The van der Waals surface area contributed by atoms with Gasteiger partial charge < -0.3 is 9.73 Å². The molecule has 1 atom stereocenters. The summed E-state index contributed by atoms with van der Waals surface area (Å²) in [5.74, 6) is -0.434. The van der Waals surface area contributed by atoms with E-state index in [-0.39, 0.29) is 6.04 Å². The monoisotopic (exact) mass is 332 g/mol. The number of hydrogen-bond donors (Lipinski definition) is 2. The molecule has 3 aromatic rings. The van der Waals surface area contributed by atoms with Crippen LogP contribution >= 0.6 is 15.9 Å². The Kier molecular flexibility index (Phi) is 3.36. The second-order valence-corrected chi connectivity index (χ2v) is 5.47. The third-order valence-electron chi connectivity index (χ3n) is 3.17. The molecule has 102 valence electrons.